The summed E-state index contributed by atoms with van der Waals surface area (Å²) in [5.74, 6) is 0.994. The van der Waals surface area contributed by atoms with E-state index in [-0.39, 0.29) is 0 Å². The topological polar surface area (TPSA) is 67.6 Å². The van der Waals surface area contributed by atoms with Crippen LogP contribution in [0.5, 0.6) is 0 Å². The van der Waals surface area contributed by atoms with E-state index in [0.29, 0.717) is 6.54 Å². The number of nitrogens with two attached hydrogens (primary N) is 2. The summed E-state index contributed by atoms with van der Waals surface area (Å²) in [7, 11) is 0. The van der Waals surface area contributed by atoms with Gasteiger partial charge in [0.25, 0.3) is 0 Å². The van der Waals surface area contributed by atoms with Crippen LogP contribution in [0.15, 0.2) is 29.3 Å². The molecule has 0 aromatic carbocycles. The molecule has 0 aromatic rings. The Hall–Kier alpha value is -1.13. The first-order valence-corrected chi connectivity index (χ1v) is 5.39. The summed E-state index contributed by atoms with van der Waals surface area (Å²) in [5, 5.41) is 0. The Morgan fingerprint density at radius 2 is 2.33 bits per heavy atom. The van der Waals surface area contributed by atoms with E-state index in [1.165, 1.54) is 0 Å². The van der Waals surface area contributed by atoms with E-state index in [1.54, 1.807) is 0 Å². The smallest absolute Gasteiger partial charge is 0.124 e. The van der Waals surface area contributed by atoms with Crippen LogP contribution < -0.4 is 11.5 Å². The Kier molecular flexibility index (Phi) is 2.88. The van der Waals surface area contributed by atoms with Crippen molar-refractivity contribution in [2.45, 2.75) is 12.0 Å². The minimum absolute atomic E-state index is 0.416. The van der Waals surface area contributed by atoms with Gasteiger partial charge in [-0.05, 0) is 6.42 Å². The van der Waals surface area contributed by atoms with Crippen LogP contribution in [0.4, 0.5) is 0 Å². The van der Waals surface area contributed by atoms with Crippen molar-refractivity contribution in [3.63, 3.8) is 0 Å². The number of nitrogens with zero attached hydrogens (tertiary/aromatic N) is 2. The number of rotatable bonds is 3. The minimum Gasteiger partial charge on any atom is -0.355 e. The standard InChI is InChI=1S/C11H18N4/c12-6-8-15-9-7-14-10(15)11(13)4-2-1-3-5-11/h1-4H,5-9,12-13H2. The first-order valence-electron chi connectivity index (χ1n) is 5.39. The van der Waals surface area contributed by atoms with Crippen molar-refractivity contribution < 1.29 is 0 Å². The summed E-state index contributed by atoms with van der Waals surface area (Å²) in [6, 6.07) is 0. The van der Waals surface area contributed by atoms with Crippen LogP contribution in [0.25, 0.3) is 0 Å². The van der Waals surface area contributed by atoms with E-state index in [2.05, 4.69) is 16.0 Å². The maximum atomic E-state index is 6.33. The minimum atomic E-state index is -0.416. The molecule has 0 fully saturated rings. The second-order valence-electron chi connectivity index (χ2n) is 4.01. The zero-order valence-electron chi connectivity index (χ0n) is 8.89. The molecular weight excluding hydrogens is 188 g/mol. The lowest BCUT2D eigenvalue weighted by Gasteiger charge is -2.32. The van der Waals surface area contributed by atoms with E-state index >= 15 is 0 Å². The summed E-state index contributed by atoms with van der Waals surface area (Å²) in [6.07, 6.45) is 8.95. The Morgan fingerprint density at radius 3 is 3.00 bits per heavy atom. The van der Waals surface area contributed by atoms with Gasteiger partial charge in [-0.3, -0.25) is 4.99 Å². The average Bonchev–Trinajstić information content (AvgIpc) is 2.68. The van der Waals surface area contributed by atoms with Gasteiger partial charge in [-0.25, -0.2) is 0 Å². The highest BCUT2D eigenvalue weighted by Gasteiger charge is 2.34. The third-order valence-electron chi connectivity index (χ3n) is 2.84. The molecule has 4 heteroatoms. The van der Waals surface area contributed by atoms with Crippen LogP contribution in [0.3, 0.4) is 0 Å². The average molecular weight is 206 g/mol. The van der Waals surface area contributed by atoms with Gasteiger partial charge in [0, 0.05) is 19.6 Å². The largest absolute Gasteiger partial charge is 0.355 e. The van der Waals surface area contributed by atoms with Crippen molar-refractivity contribution in [1.82, 2.24) is 4.90 Å². The molecule has 1 aliphatic carbocycles. The molecule has 0 radical (unpaired) electrons. The van der Waals surface area contributed by atoms with E-state index in [0.717, 1.165) is 31.9 Å². The fourth-order valence-corrected chi connectivity index (χ4v) is 2.10. The molecule has 2 rings (SSSR count). The number of hydrogen-bond acceptors (Lipinski definition) is 4. The predicted octanol–water partition coefficient (Wildman–Crippen LogP) is -0.127. The van der Waals surface area contributed by atoms with Crippen molar-refractivity contribution in [3.05, 3.63) is 24.3 Å². The fourth-order valence-electron chi connectivity index (χ4n) is 2.10. The molecule has 0 amide bonds. The van der Waals surface area contributed by atoms with Crippen molar-refractivity contribution in [1.29, 1.82) is 0 Å². The lowest BCUT2D eigenvalue weighted by atomic mass is 9.90. The van der Waals surface area contributed by atoms with Gasteiger partial charge in [0.05, 0.1) is 12.1 Å². The molecule has 0 aromatic heterocycles. The number of aliphatic imine (C=N–C) groups is 1. The molecule has 1 atom stereocenters. The van der Waals surface area contributed by atoms with Gasteiger partial charge in [-0.1, -0.05) is 24.3 Å². The highest BCUT2D eigenvalue weighted by Crippen LogP contribution is 2.21. The summed E-state index contributed by atoms with van der Waals surface area (Å²) in [4.78, 5) is 6.71. The molecule has 2 aliphatic rings. The summed E-state index contributed by atoms with van der Waals surface area (Å²) < 4.78 is 0. The Labute approximate surface area is 90.3 Å². The zero-order chi connectivity index (χ0) is 10.7. The Morgan fingerprint density at radius 1 is 1.47 bits per heavy atom. The SMILES string of the molecule is NCCN1CCN=C1C1(N)C=CC=CC1. The third kappa shape index (κ3) is 1.96. The lowest BCUT2D eigenvalue weighted by molar-refractivity contribution is 0.438. The van der Waals surface area contributed by atoms with E-state index < -0.39 is 5.54 Å². The first kappa shape index (κ1) is 10.4. The number of amidine groups is 1. The van der Waals surface area contributed by atoms with Crippen LogP contribution in [0.2, 0.25) is 0 Å². The van der Waals surface area contributed by atoms with Crippen LogP contribution in [-0.2, 0) is 0 Å². The molecular formula is C11H18N4. The van der Waals surface area contributed by atoms with E-state index in [9.17, 15) is 0 Å². The summed E-state index contributed by atoms with van der Waals surface area (Å²) >= 11 is 0. The second kappa shape index (κ2) is 4.16. The van der Waals surface area contributed by atoms with E-state index in [1.807, 2.05) is 18.2 Å². The molecule has 0 saturated carbocycles. The summed E-state index contributed by atoms with van der Waals surface area (Å²) in [6.45, 7) is 3.28. The maximum absolute atomic E-state index is 6.33. The number of hydrogen-bond donors (Lipinski definition) is 2. The fraction of sp³-hybridized carbons (Fsp3) is 0.545. The monoisotopic (exact) mass is 206 g/mol. The molecule has 15 heavy (non-hydrogen) atoms. The highest BCUT2D eigenvalue weighted by molar-refractivity contribution is 5.95. The van der Waals surface area contributed by atoms with Gasteiger partial charge in [0.15, 0.2) is 0 Å². The van der Waals surface area contributed by atoms with E-state index in [4.69, 9.17) is 11.5 Å². The number of allylic oxidation sites excluding steroid dienone is 2. The van der Waals surface area contributed by atoms with Gasteiger partial charge >= 0.3 is 0 Å². The van der Waals surface area contributed by atoms with Crippen molar-refractivity contribution in [3.8, 4) is 0 Å². The molecule has 1 aliphatic heterocycles. The molecule has 0 saturated heterocycles. The molecule has 0 bridgehead atoms. The molecule has 4 nitrogen and oxygen atoms in total. The van der Waals surface area contributed by atoms with Gasteiger partial charge in [0.2, 0.25) is 0 Å². The normalized spacial score (nSPS) is 29.7. The van der Waals surface area contributed by atoms with Crippen molar-refractivity contribution >= 4 is 5.84 Å². The van der Waals surface area contributed by atoms with Gasteiger partial charge in [-0.2, -0.15) is 0 Å². The van der Waals surface area contributed by atoms with Crippen LogP contribution in [0.1, 0.15) is 6.42 Å². The quantitative estimate of drug-likeness (QED) is 0.676. The molecule has 1 unspecified atom stereocenters. The van der Waals surface area contributed by atoms with Crippen molar-refractivity contribution in [2.75, 3.05) is 26.2 Å². The van der Waals surface area contributed by atoms with Crippen LogP contribution >= 0.6 is 0 Å². The van der Waals surface area contributed by atoms with Gasteiger partial charge < -0.3 is 16.4 Å². The van der Waals surface area contributed by atoms with Gasteiger partial charge in [-0.15, -0.1) is 0 Å². The Balaban J connectivity index is 2.15. The molecule has 1 heterocycles. The zero-order valence-corrected chi connectivity index (χ0v) is 8.89. The van der Waals surface area contributed by atoms with Crippen molar-refractivity contribution in [2.24, 2.45) is 16.5 Å². The third-order valence-corrected chi connectivity index (χ3v) is 2.84. The van der Waals surface area contributed by atoms with Gasteiger partial charge in [0.1, 0.15) is 5.84 Å². The van der Waals surface area contributed by atoms with Crippen LogP contribution in [0, 0.1) is 0 Å². The lowest BCUT2D eigenvalue weighted by Crippen LogP contribution is -2.53. The second-order valence-corrected chi connectivity index (χ2v) is 4.01. The summed E-state index contributed by atoms with van der Waals surface area (Å²) in [5.41, 5.74) is 11.5. The maximum Gasteiger partial charge on any atom is 0.124 e. The predicted molar refractivity (Wildman–Crippen MR) is 62.7 cm³/mol. The van der Waals surface area contributed by atoms with Crippen LogP contribution in [-0.4, -0.2) is 42.5 Å². The first-order chi connectivity index (χ1) is 7.26. The Bertz CT molecular complexity index is 319. The molecule has 0 spiro atoms. The molecule has 82 valence electrons. The highest BCUT2D eigenvalue weighted by atomic mass is 15.3. The molecule has 4 N–H and O–H groups in total.